The molecule has 4 aromatic carbocycles. The third kappa shape index (κ3) is 5.45. The lowest BCUT2D eigenvalue weighted by atomic mass is 9.88. The summed E-state index contributed by atoms with van der Waals surface area (Å²) >= 11 is 6.24. The number of hydrogen-bond donors (Lipinski definition) is 0. The maximum Gasteiger partial charge on any atom is 0.119 e. The van der Waals surface area contributed by atoms with Crippen LogP contribution in [0.25, 0.3) is 11.1 Å². The Labute approximate surface area is 189 Å². The highest BCUT2D eigenvalue weighted by Crippen LogP contribution is 2.35. The molecule has 0 amide bonds. The molecule has 0 atom stereocenters. The van der Waals surface area contributed by atoms with Crippen molar-refractivity contribution in [3.63, 3.8) is 0 Å². The first-order chi connectivity index (χ1) is 15.3. The van der Waals surface area contributed by atoms with Gasteiger partial charge in [0.1, 0.15) is 12.4 Å². The predicted octanol–water partition coefficient (Wildman–Crippen LogP) is 7.85. The van der Waals surface area contributed by atoms with Gasteiger partial charge in [0.2, 0.25) is 0 Å². The van der Waals surface area contributed by atoms with Crippen LogP contribution in [0.4, 0.5) is 0 Å². The van der Waals surface area contributed by atoms with Crippen molar-refractivity contribution < 1.29 is 4.74 Å². The van der Waals surface area contributed by atoms with Crippen LogP contribution in [0.2, 0.25) is 0 Å². The second-order valence-corrected chi connectivity index (χ2v) is 7.70. The molecule has 0 saturated heterocycles. The molecule has 154 valence electrons. The topological polar surface area (TPSA) is 9.23 Å². The van der Waals surface area contributed by atoms with E-state index in [0.717, 1.165) is 23.3 Å². The summed E-state index contributed by atoms with van der Waals surface area (Å²) in [5.41, 5.74) is 7.16. The van der Waals surface area contributed by atoms with Gasteiger partial charge in [-0.05, 0) is 52.0 Å². The highest BCUT2D eigenvalue weighted by Gasteiger charge is 2.14. The van der Waals surface area contributed by atoms with Crippen LogP contribution < -0.4 is 4.74 Å². The molecule has 1 nitrogen and oxygen atoms in total. The van der Waals surface area contributed by atoms with Gasteiger partial charge in [-0.15, -0.1) is 11.6 Å². The van der Waals surface area contributed by atoms with Crippen LogP contribution in [-0.4, -0.2) is 5.88 Å². The Morgan fingerprint density at radius 1 is 0.581 bits per heavy atom. The molecular weight excluding hydrogens is 400 g/mol. The van der Waals surface area contributed by atoms with Gasteiger partial charge in [0.05, 0.1) is 0 Å². The van der Waals surface area contributed by atoms with E-state index in [1.165, 1.54) is 22.3 Å². The number of benzene rings is 4. The largest absolute Gasteiger partial charge is 0.489 e. The summed E-state index contributed by atoms with van der Waals surface area (Å²) < 4.78 is 5.99. The van der Waals surface area contributed by atoms with Crippen molar-refractivity contribution in [3.8, 4) is 5.75 Å². The molecule has 4 rings (SSSR count). The fourth-order valence-electron chi connectivity index (χ4n) is 3.73. The smallest absolute Gasteiger partial charge is 0.119 e. The molecule has 0 saturated carbocycles. The van der Waals surface area contributed by atoms with Gasteiger partial charge < -0.3 is 4.74 Å². The quantitative estimate of drug-likeness (QED) is 0.206. The van der Waals surface area contributed by atoms with Gasteiger partial charge in [-0.2, -0.15) is 0 Å². The van der Waals surface area contributed by atoms with E-state index in [1.807, 2.05) is 42.5 Å². The number of halogens is 1. The van der Waals surface area contributed by atoms with Crippen molar-refractivity contribution in [2.75, 3.05) is 5.88 Å². The highest BCUT2D eigenvalue weighted by molar-refractivity contribution is 6.18. The third-order valence-electron chi connectivity index (χ3n) is 5.22. The Bertz CT molecular complexity index is 1100. The van der Waals surface area contributed by atoms with Gasteiger partial charge in [-0.1, -0.05) is 103 Å². The molecule has 0 aliphatic carbocycles. The second-order valence-electron chi connectivity index (χ2n) is 7.32. The van der Waals surface area contributed by atoms with Gasteiger partial charge in [-0.3, -0.25) is 0 Å². The van der Waals surface area contributed by atoms with Crippen LogP contribution >= 0.6 is 11.6 Å². The van der Waals surface area contributed by atoms with Gasteiger partial charge in [0, 0.05) is 5.88 Å². The minimum atomic E-state index is 0.559. The summed E-state index contributed by atoms with van der Waals surface area (Å²) in [7, 11) is 0. The molecule has 0 N–H and O–H groups in total. The Morgan fingerprint density at radius 3 is 1.68 bits per heavy atom. The minimum absolute atomic E-state index is 0.559. The molecule has 0 unspecified atom stereocenters. The number of hydrogen-bond acceptors (Lipinski definition) is 1. The summed E-state index contributed by atoms with van der Waals surface area (Å²) in [6.07, 6.45) is 0.794. The monoisotopic (exact) mass is 424 g/mol. The zero-order valence-electron chi connectivity index (χ0n) is 17.4. The summed E-state index contributed by atoms with van der Waals surface area (Å²) in [5.74, 6) is 1.43. The summed E-state index contributed by atoms with van der Waals surface area (Å²) in [6, 6.07) is 39.6. The van der Waals surface area contributed by atoms with Crippen LogP contribution in [-0.2, 0) is 6.61 Å². The zero-order valence-corrected chi connectivity index (χ0v) is 18.1. The SMILES string of the molecule is ClCCC(=C(c1ccccc1)c1ccc(OCc2ccccc2)cc1)c1ccccc1. The van der Waals surface area contributed by atoms with Crippen molar-refractivity contribution >= 4 is 22.7 Å². The van der Waals surface area contributed by atoms with Crippen molar-refractivity contribution in [3.05, 3.63) is 138 Å². The van der Waals surface area contributed by atoms with Crippen LogP contribution in [0, 0.1) is 0 Å². The van der Waals surface area contributed by atoms with Crippen LogP contribution in [0.5, 0.6) is 5.75 Å². The molecule has 0 bridgehead atoms. The number of rotatable bonds is 8. The molecule has 0 aliphatic rings. The lowest BCUT2D eigenvalue weighted by Crippen LogP contribution is -1.98. The van der Waals surface area contributed by atoms with E-state index in [1.54, 1.807) is 0 Å². The second kappa shape index (κ2) is 10.7. The molecule has 0 aromatic heterocycles. The van der Waals surface area contributed by atoms with Crippen molar-refractivity contribution in [2.24, 2.45) is 0 Å². The first-order valence-electron chi connectivity index (χ1n) is 10.5. The molecule has 0 heterocycles. The maximum atomic E-state index is 6.24. The maximum absolute atomic E-state index is 6.24. The molecule has 4 aromatic rings. The summed E-state index contributed by atoms with van der Waals surface area (Å²) in [5, 5.41) is 0. The van der Waals surface area contributed by atoms with E-state index < -0.39 is 0 Å². The molecule has 2 heteroatoms. The number of alkyl halides is 1. The minimum Gasteiger partial charge on any atom is -0.489 e. The Kier molecular flexibility index (Phi) is 7.20. The number of allylic oxidation sites excluding steroid dienone is 1. The highest BCUT2D eigenvalue weighted by atomic mass is 35.5. The summed E-state index contributed by atoms with van der Waals surface area (Å²) in [4.78, 5) is 0. The average molecular weight is 425 g/mol. The van der Waals surface area contributed by atoms with E-state index in [9.17, 15) is 0 Å². The fraction of sp³-hybridized carbons (Fsp3) is 0.103. The lowest BCUT2D eigenvalue weighted by molar-refractivity contribution is 0.306. The van der Waals surface area contributed by atoms with Crippen molar-refractivity contribution in [1.82, 2.24) is 0 Å². The van der Waals surface area contributed by atoms with E-state index in [-0.39, 0.29) is 0 Å². The third-order valence-corrected chi connectivity index (χ3v) is 5.41. The van der Waals surface area contributed by atoms with E-state index >= 15 is 0 Å². The standard InChI is InChI=1S/C29H25ClO/c30-21-20-28(24-12-6-2-7-13-24)29(25-14-8-3-9-15-25)26-16-18-27(19-17-26)31-22-23-10-4-1-5-11-23/h1-19H,20-22H2. The van der Waals surface area contributed by atoms with E-state index in [0.29, 0.717) is 12.5 Å². The van der Waals surface area contributed by atoms with Gasteiger partial charge in [0.15, 0.2) is 0 Å². The van der Waals surface area contributed by atoms with E-state index in [4.69, 9.17) is 16.3 Å². The molecule has 31 heavy (non-hydrogen) atoms. The Hall–Kier alpha value is -3.29. The van der Waals surface area contributed by atoms with Crippen LogP contribution in [0.15, 0.2) is 115 Å². The van der Waals surface area contributed by atoms with Crippen LogP contribution in [0.1, 0.15) is 28.7 Å². The normalized spacial score (nSPS) is 11.6. The molecule has 0 aliphatic heterocycles. The fourth-order valence-corrected chi connectivity index (χ4v) is 3.92. The molecule has 0 fully saturated rings. The van der Waals surface area contributed by atoms with Gasteiger partial charge in [-0.25, -0.2) is 0 Å². The van der Waals surface area contributed by atoms with E-state index in [2.05, 4.69) is 72.8 Å². The number of ether oxygens (including phenoxy) is 1. The molecular formula is C29H25ClO. The zero-order chi connectivity index (χ0) is 21.3. The van der Waals surface area contributed by atoms with Crippen molar-refractivity contribution in [1.29, 1.82) is 0 Å². The first-order valence-corrected chi connectivity index (χ1v) is 11.1. The lowest BCUT2D eigenvalue weighted by Gasteiger charge is -2.17. The average Bonchev–Trinajstić information content (AvgIpc) is 2.85. The Balaban J connectivity index is 1.70. The van der Waals surface area contributed by atoms with Crippen molar-refractivity contribution in [2.45, 2.75) is 13.0 Å². The Morgan fingerprint density at radius 2 is 1.10 bits per heavy atom. The summed E-state index contributed by atoms with van der Waals surface area (Å²) in [6.45, 7) is 0.559. The molecule has 0 radical (unpaired) electrons. The van der Waals surface area contributed by atoms with Gasteiger partial charge >= 0.3 is 0 Å². The van der Waals surface area contributed by atoms with Crippen LogP contribution in [0.3, 0.4) is 0 Å². The predicted molar refractivity (Wildman–Crippen MR) is 131 cm³/mol. The van der Waals surface area contributed by atoms with Gasteiger partial charge in [0.25, 0.3) is 0 Å². The first kappa shape index (κ1) is 21.0. The molecule has 0 spiro atoms.